The van der Waals surface area contributed by atoms with Gasteiger partial charge in [-0.25, -0.2) is 4.79 Å². The number of carbonyl (C=O) groups excluding carboxylic acids is 2. The molecule has 0 unspecified atom stereocenters. The normalized spacial score (nSPS) is 19.1. The van der Waals surface area contributed by atoms with Crippen molar-refractivity contribution in [1.82, 2.24) is 10.6 Å². The number of carbonyl (C=O) groups is 2. The number of rotatable bonds is 7. The summed E-state index contributed by atoms with van der Waals surface area (Å²) in [6.45, 7) is 6.70. The lowest BCUT2D eigenvalue weighted by Gasteiger charge is -2.34. The highest BCUT2D eigenvalue weighted by Gasteiger charge is 2.37. The minimum absolute atomic E-state index is 0.0821. The van der Waals surface area contributed by atoms with E-state index < -0.39 is 12.0 Å². The zero-order chi connectivity index (χ0) is 19.2. The van der Waals surface area contributed by atoms with Gasteiger partial charge in [0.2, 0.25) is 0 Å². The van der Waals surface area contributed by atoms with E-state index in [2.05, 4.69) is 24.1 Å². The Morgan fingerprint density at radius 2 is 1.81 bits per heavy atom. The van der Waals surface area contributed by atoms with Crippen LogP contribution in [0.1, 0.15) is 41.7 Å². The average Bonchev–Trinajstić information content (AvgIpc) is 2.68. The van der Waals surface area contributed by atoms with E-state index in [1.54, 1.807) is 12.1 Å². The van der Waals surface area contributed by atoms with Gasteiger partial charge in [-0.3, -0.25) is 4.79 Å². The number of unbranched alkanes of at least 4 members (excludes halogenated alkanes) is 1. The van der Waals surface area contributed by atoms with E-state index in [0.717, 1.165) is 24.2 Å². The SMILES string of the molecule is C=C1NC(=O)N[C@@H](c2ccc(OCCCC)cc2)[C@@H]1C(=O)c1ccccc1. The van der Waals surface area contributed by atoms with Gasteiger partial charge in [0.15, 0.2) is 5.78 Å². The van der Waals surface area contributed by atoms with Crippen molar-refractivity contribution in [2.75, 3.05) is 6.61 Å². The number of ketones is 1. The predicted octanol–water partition coefficient (Wildman–Crippen LogP) is 4.23. The fraction of sp³-hybridized carbons (Fsp3) is 0.273. The quantitative estimate of drug-likeness (QED) is 0.571. The molecule has 2 N–H and O–H groups in total. The largest absolute Gasteiger partial charge is 0.494 e. The standard InChI is InChI=1S/C22H24N2O3/c1-3-4-14-27-18-12-10-16(11-13-18)20-19(15(2)23-22(26)24-20)21(25)17-8-6-5-7-9-17/h5-13,19-20H,2-4,14H2,1H3,(H2,23,24,26)/t19-,20+/m1/s1. The van der Waals surface area contributed by atoms with Gasteiger partial charge in [-0.1, -0.05) is 62.4 Å². The van der Waals surface area contributed by atoms with Crippen LogP contribution in [0.15, 0.2) is 66.9 Å². The maximum absolute atomic E-state index is 13.1. The topological polar surface area (TPSA) is 67.4 Å². The summed E-state index contributed by atoms with van der Waals surface area (Å²) in [7, 11) is 0. The molecule has 2 aromatic carbocycles. The van der Waals surface area contributed by atoms with Crippen LogP contribution in [-0.4, -0.2) is 18.4 Å². The first-order valence-corrected chi connectivity index (χ1v) is 9.18. The second-order valence-corrected chi connectivity index (χ2v) is 6.58. The van der Waals surface area contributed by atoms with Crippen LogP contribution >= 0.6 is 0 Å². The minimum atomic E-state index is -0.586. The smallest absolute Gasteiger partial charge is 0.319 e. The second-order valence-electron chi connectivity index (χ2n) is 6.58. The molecule has 1 saturated heterocycles. The van der Waals surface area contributed by atoms with E-state index in [1.165, 1.54) is 0 Å². The zero-order valence-electron chi connectivity index (χ0n) is 15.4. The zero-order valence-corrected chi connectivity index (χ0v) is 15.4. The molecule has 1 fully saturated rings. The molecular formula is C22H24N2O3. The minimum Gasteiger partial charge on any atom is -0.494 e. The maximum Gasteiger partial charge on any atom is 0.319 e. The van der Waals surface area contributed by atoms with Crippen molar-refractivity contribution in [3.8, 4) is 5.75 Å². The number of benzene rings is 2. The van der Waals surface area contributed by atoms with Crippen molar-refractivity contribution < 1.29 is 14.3 Å². The Kier molecular flexibility index (Phi) is 5.91. The predicted molar refractivity (Wildman–Crippen MR) is 105 cm³/mol. The Morgan fingerprint density at radius 3 is 2.48 bits per heavy atom. The Morgan fingerprint density at radius 1 is 1.11 bits per heavy atom. The van der Waals surface area contributed by atoms with Crippen LogP contribution < -0.4 is 15.4 Å². The molecule has 2 amide bonds. The summed E-state index contributed by atoms with van der Waals surface area (Å²) < 4.78 is 5.69. The lowest BCUT2D eigenvalue weighted by atomic mass is 9.83. The summed E-state index contributed by atoms with van der Waals surface area (Å²) in [6, 6.07) is 15.7. The summed E-state index contributed by atoms with van der Waals surface area (Å²) in [6.07, 6.45) is 2.07. The summed E-state index contributed by atoms with van der Waals surface area (Å²) in [4.78, 5) is 25.0. The molecule has 2 atom stereocenters. The third kappa shape index (κ3) is 4.37. The number of Topliss-reactive ketones (excluding diaryl/α,β-unsaturated/α-hetero) is 1. The highest BCUT2D eigenvalue weighted by atomic mass is 16.5. The van der Waals surface area contributed by atoms with Crippen LogP contribution in [-0.2, 0) is 0 Å². The molecule has 0 aliphatic carbocycles. The fourth-order valence-electron chi connectivity index (χ4n) is 3.16. The molecule has 3 rings (SSSR count). The lowest BCUT2D eigenvalue weighted by Crippen LogP contribution is -2.50. The van der Waals surface area contributed by atoms with Crippen LogP contribution in [0.2, 0.25) is 0 Å². The number of ether oxygens (including phenoxy) is 1. The van der Waals surface area contributed by atoms with E-state index in [1.807, 2.05) is 42.5 Å². The van der Waals surface area contributed by atoms with Crippen molar-refractivity contribution >= 4 is 11.8 Å². The van der Waals surface area contributed by atoms with E-state index in [4.69, 9.17) is 4.74 Å². The third-order valence-corrected chi connectivity index (χ3v) is 4.62. The Hall–Kier alpha value is -3.08. The van der Waals surface area contributed by atoms with E-state index in [9.17, 15) is 9.59 Å². The number of nitrogens with one attached hydrogen (secondary N) is 2. The van der Waals surface area contributed by atoms with Gasteiger partial charge in [-0.2, -0.15) is 0 Å². The van der Waals surface area contributed by atoms with Crippen LogP contribution in [0.3, 0.4) is 0 Å². The molecule has 1 aliphatic rings. The molecule has 0 radical (unpaired) electrons. The molecule has 27 heavy (non-hydrogen) atoms. The molecule has 5 nitrogen and oxygen atoms in total. The molecule has 5 heteroatoms. The maximum atomic E-state index is 13.1. The number of urea groups is 1. The van der Waals surface area contributed by atoms with Gasteiger partial charge < -0.3 is 15.4 Å². The second kappa shape index (κ2) is 8.54. The van der Waals surface area contributed by atoms with E-state index >= 15 is 0 Å². The molecule has 1 heterocycles. The number of amides is 2. The first-order valence-electron chi connectivity index (χ1n) is 9.18. The number of hydrogen-bond donors (Lipinski definition) is 2. The van der Waals surface area contributed by atoms with Crippen LogP contribution in [0, 0.1) is 5.92 Å². The van der Waals surface area contributed by atoms with Crippen molar-refractivity contribution in [1.29, 1.82) is 0 Å². The highest BCUT2D eigenvalue weighted by Crippen LogP contribution is 2.32. The first-order chi connectivity index (χ1) is 13.1. The molecule has 0 spiro atoms. The van der Waals surface area contributed by atoms with Crippen molar-refractivity contribution in [2.45, 2.75) is 25.8 Å². The Bertz CT molecular complexity index is 815. The average molecular weight is 364 g/mol. The molecule has 0 aromatic heterocycles. The summed E-state index contributed by atoms with van der Waals surface area (Å²) >= 11 is 0. The van der Waals surface area contributed by atoms with Gasteiger partial charge >= 0.3 is 6.03 Å². The van der Waals surface area contributed by atoms with Crippen molar-refractivity contribution in [3.63, 3.8) is 0 Å². The number of hydrogen-bond acceptors (Lipinski definition) is 3. The van der Waals surface area contributed by atoms with Gasteiger partial charge in [0.25, 0.3) is 0 Å². The van der Waals surface area contributed by atoms with Crippen LogP contribution in [0.25, 0.3) is 0 Å². The molecule has 0 saturated carbocycles. The van der Waals surface area contributed by atoms with Gasteiger partial charge in [-0.15, -0.1) is 0 Å². The Balaban J connectivity index is 1.84. The van der Waals surface area contributed by atoms with Gasteiger partial charge in [0.05, 0.1) is 18.6 Å². The molecule has 0 bridgehead atoms. The molecular weight excluding hydrogens is 340 g/mol. The summed E-state index contributed by atoms with van der Waals surface area (Å²) in [5.41, 5.74) is 1.83. The van der Waals surface area contributed by atoms with E-state index in [-0.39, 0.29) is 11.8 Å². The molecule has 140 valence electrons. The third-order valence-electron chi connectivity index (χ3n) is 4.62. The van der Waals surface area contributed by atoms with Crippen LogP contribution in [0.4, 0.5) is 4.79 Å². The first kappa shape index (κ1) is 18.7. The van der Waals surface area contributed by atoms with Gasteiger partial charge in [0.1, 0.15) is 5.75 Å². The van der Waals surface area contributed by atoms with Gasteiger partial charge in [-0.05, 0) is 24.1 Å². The van der Waals surface area contributed by atoms with E-state index in [0.29, 0.717) is 17.9 Å². The fourth-order valence-corrected chi connectivity index (χ4v) is 3.16. The summed E-state index contributed by atoms with van der Waals surface area (Å²) in [5.74, 6) is 0.107. The van der Waals surface area contributed by atoms with Crippen molar-refractivity contribution in [3.05, 3.63) is 78.0 Å². The summed E-state index contributed by atoms with van der Waals surface area (Å²) in [5, 5.41) is 5.50. The molecule has 1 aliphatic heterocycles. The monoisotopic (exact) mass is 364 g/mol. The lowest BCUT2D eigenvalue weighted by molar-refractivity contribution is 0.0905. The highest BCUT2D eigenvalue weighted by molar-refractivity contribution is 6.01. The molecule has 2 aromatic rings. The van der Waals surface area contributed by atoms with Crippen molar-refractivity contribution in [2.24, 2.45) is 5.92 Å². The Labute approximate surface area is 159 Å². The van der Waals surface area contributed by atoms with Gasteiger partial charge in [0, 0.05) is 11.3 Å². The van der Waals surface area contributed by atoms with Crippen LogP contribution in [0.5, 0.6) is 5.75 Å².